The molecule has 0 saturated heterocycles. The summed E-state index contributed by atoms with van der Waals surface area (Å²) in [5, 5.41) is 10.1. The van der Waals surface area contributed by atoms with Crippen LogP contribution in [0, 0.1) is 12.7 Å². The van der Waals surface area contributed by atoms with Gasteiger partial charge in [-0.05, 0) is 42.3 Å². The molecule has 0 aliphatic heterocycles. The summed E-state index contributed by atoms with van der Waals surface area (Å²) in [6.07, 6.45) is 0.726. The molecular weight excluding hydrogens is 205 g/mol. The van der Waals surface area contributed by atoms with Crippen molar-refractivity contribution in [2.75, 3.05) is 0 Å². The van der Waals surface area contributed by atoms with Gasteiger partial charge in [0.2, 0.25) is 0 Å². The van der Waals surface area contributed by atoms with Crippen LogP contribution in [0.15, 0.2) is 42.6 Å². The summed E-state index contributed by atoms with van der Waals surface area (Å²) in [7, 11) is 0. The Morgan fingerprint density at radius 2 is 2.06 bits per heavy atom. The fourth-order valence-electron chi connectivity index (χ4n) is 1.60. The third-order valence-electron chi connectivity index (χ3n) is 2.50. The Bertz CT molecular complexity index is 485. The van der Waals surface area contributed by atoms with Crippen LogP contribution in [0.4, 0.5) is 4.39 Å². The lowest BCUT2D eigenvalue weighted by molar-refractivity contribution is 0.214. The maximum atomic E-state index is 13.1. The number of aliphatic hydroxyl groups excluding tert-OH is 1. The molecule has 1 aromatic heterocycles. The van der Waals surface area contributed by atoms with Gasteiger partial charge in [0.25, 0.3) is 0 Å². The molecule has 0 saturated carbocycles. The van der Waals surface area contributed by atoms with Crippen molar-refractivity contribution < 1.29 is 9.50 Å². The van der Waals surface area contributed by atoms with Gasteiger partial charge in [0.15, 0.2) is 0 Å². The number of aliphatic hydroxyl groups is 1. The molecule has 1 N–H and O–H groups in total. The van der Waals surface area contributed by atoms with Crippen molar-refractivity contribution in [3.8, 4) is 0 Å². The van der Waals surface area contributed by atoms with Gasteiger partial charge in [0, 0.05) is 6.20 Å². The van der Waals surface area contributed by atoms with Gasteiger partial charge in [-0.15, -0.1) is 0 Å². The van der Waals surface area contributed by atoms with Gasteiger partial charge in [-0.1, -0.05) is 12.1 Å². The van der Waals surface area contributed by atoms with E-state index in [2.05, 4.69) is 4.98 Å². The first-order chi connectivity index (χ1) is 7.68. The van der Waals surface area contributed by atoms with Crippen molar-refractivity contribution in [3.05, 3.63) is 65.2 Å². The molecule has 2 nitrogen and oxygen atoms in total. The van der Waals surface area contributed by atoms with E-state index in [0.29, 0.717) is 11.3 Å². The van der Waals surface area contributed by atoms with Gasteiger partial charge in [-0.25, -0.2) is 4.39 Å². The van der Waals surface area contributed by atoms with E-state index in [1.807, 2.05) is 6.92 Å². The summed E-state index contributed by atoms with van der Waals surface area (Å²) < 4.78 is 13.1. The minimum atomic E-state index is -0.878. The Labute approximate surface area is 93.4 Å². The van der Waals surface area contributed by atoms with E-state index in [-0.39, 0.29) is 5.82 Å². The molecule has 0 aliphatic carbocycles. The number of rotatable bonds is 2. The first-order valence-corrected chi connectivity index (χ1v) is 5.03. The van der Waals surface area contributed by atoms with Gasteiger partial charge in [-0.2, -0.15) is 0 Å². The molecule has 0 fully saturated rings. The average molecular weight is 217 g/mol. The first kappa shape index (κ1) is 10.8. The summed E-state index contributed by atoms with van der Waals surface area (Å²) in [4.78, 5) is 4.05. The van der Waals surface area contributed by atoms with Crippen LogP contribution in [0.3, 0.4) is 0 Å². The molecule has 2 rings (SSSR count). The van der Waals surface area contributed by atoms with Crippen molar-refractivity contribution in [1.82, 2.24) is 4.98 Å². The normalized spacial score (nSPS) is 12.4. The van der Waals surface area contributed by atoms with Gasteiger partial charge >= 0.3 is 0 Å². The van der Waals surface area contributed by atoms with Crippen molar-refractivity contribution in [1.29, 1.82) is 0 Å². The highest BCUT2D eigenvalue weighted by Gasteiger charge is 2.14. The van der Waals surface area contributed by atoms with E-state index in [1.165, 1.54) is 12.1 Å². The lowest BCUT2D eigenvalue weighted by Crippen LogP contribution is -2.04. The Morgan fingerprint density at radius 1 is 1.25 bits per heavy atom. The summed E-state index contributed by atoms with van der Waals surface area (Å²) in [6.45, 7) is 1.83. The quantitative estimate of drug-likeness (QED) is 0.838. The molecule has 82 valence electrons. The van der Waals surface area contributed by atoms with Crippen LogP contribution < -0.4 is 0 Å². The molecule has 0 amide bonds. The second kappa shape index (κ2) is 4.41. The highest BCUT2D eigenvalue weighted by molar-refractivity contribution is 5.33. The number of pyridine rings is 1. The summed E-state index contributed by atoms with van der Waals surface area (Å²) >= 11 is 0. The van der Waals surface area contributed by atoms with E-state index in [4.69, 9.17) is 0 Å². The van der Waals surface area contributed by atoms with E-state index in [1.54, 1.807) is 30.5 Å². The number of halogens is 1. The largest absolute Gasteiger partial charge is 0.382 e. The van der Waals surface area contributed by atoms with E-state index in [9.17, 15) is 9.50 Å². The lowest BCUT2D eigenvalue weighted by atomic mass is 10.0. The van der Waals surface area contributed by atoms with Crippen LogP contribution in [0.25, 0.3) is 0 Å². The van der Waals surface area contributed by atoms with Crippen molar-refractivity contribution in [2.24, 2.45) is 0 Å². The fraction of sp³-hybridized carbons (Fsp3) is 0.154. The molecule has 0 unspecified atom stereocenters. The third kappa shape index (κ3) is 2.09. The smallest absolute Gasteiger partial charge is 0.123 e. The fourth-order valence-corrected chi connectivity index (χ4v) is 1.60. The highest BCUT2D eigenvalue weighted by atomic mass is 19.1. The zero-order chi connectivity index (χ0) is 11.5. The first-order valence-electron chi connectivity index (χ1n) is 5.03. The van der Waals surface area contributed by atoms with Crippen LogP contribution in [0.5, 0.6) is 0 Å². The summed E-state index contributed by atoms with van der Waals surface area (Å²) in [6, 6.07) is 9.65. The second-order valence-corrected chi connectivity index (χ2v) is 3.66. The maximum absolute atomic E-state index is 13.1. The molecule has 2 aromatic rings. The summed E-state index contributed by atoms with van der Waals surface area (Å²) in [5.74, 6) is -0.351. The molecule has 0 bridgehead atoms. The number of benzene rings is 1. The Balaban J connectivity index is 2.41. The van der Waals surface area contributed by atoms with Crippen LogP contribution in [0.1, 0.15) is 22.9 Å². The molecule has 16 heavy (non-hydrogen) atoms. The van der Waals surface area contributed by atoms with Crippen LogP contribution >= 0.6 is 0 Å². The molecule has 0 aliphatic rings. The van der Waals surface area contributed by atoms with E-state index >= 15 is 0 Å². The minimum Gasteiger partial charge on any atom is -0.382 e. The van der Waals surface area contributed by atoms with Gasteiger partial charge in [0.05, 0.1) is 5.69 Å². The minimum absolute atomic E-state index is 0.351. The van der Waals surface area contributed by atoms with Gasteiger partial charge < -0.3 is 5.11 Å². The monoisotopic (exact) mass is 217 g/mol. The predicted octanol–water partition coefficient (Wildman–Crippen LogP) is 2.61. The number of nitrogens with zero attached hydrogens (tertiary/aromatic N) is 1. The van der Waals surface area contributed by atoms with Crippen molar-refractivity contribution in [3.63, 3.8) is 0 Å². The zero-order valence-corrected chi connectivity index (χ0v) is 8.89. The van der Waals surface area contributed by atoms with Crippen molar-refractivity contribution >= 4 is 0 Å². The topological polar surface area (TPSA) is 33.1 Å². The molecule has 1 aromatic carbocycles. The van der Waals surface area contributed by atoms with Gasteiger partial charge in [-0.3, -0.25) is 4.98 Å². The molecule has 3 heteroatoms. The lowest BCUT2D eigenvalue weighted by Gasteiger charge is -2.13. The van der Waals surface area contributed by atoms with Gasteiger partial charge in [0.1, 0.15) is 11.9 Å². The van der Waals surface area contributed by atoms with Crippen LogP contribution in [-0.2, 0) is 0 Å². The Morgan fingerprint density at radius 3 is 2.75 bits per heavy atom. The average Bonchev–Trinajstić information content (AvgIpc) is 2.32. The standard InChI is InChI=1S/C13H12FNO/c1-9-5-6-10(14)8-11(9)13(16)12-4-2-3-7-15-12/h2-8,13,16H,1H3/t13-/m0/s1. The molecular formula is C13H12FNO. The number of hydrogen-bond donors (Lipinski definition) is 1. The second-order valence-electron chi connectivity index (χ2n) is 3.66. The number of aryl methyl sites for hydroxylation is 1. The van der Waals surface area contributed by atoms with Crippen LogP contribution in [0.2, 0.25) is 0 Å². The SMILES string of the molecule is Cc1ccc(F)cc1[C@H](O)c1ccccn1. The van der Waals surface area contributed by atoms with E-state index < -0.39 is 6.10 Å². The van der Waals surface area contributed by atoms with Crippen molar-refractivity contribution in [2.45, 2.75) is 13.0 Å². The highest BCUT2D eigenvalue weighted by Crippen LogP contribution is 2.23. The molecule has 1 heterocycles. The third-order valence-corrected chi connectivity index (χ3v) is 2.50. The zero-order valence-electron chi connectivity index (χ0n) is 8.89. The molecule has 0 spiro atoms. The van der Waals surface area contributed by atoms with E-state index in [0.717, 1.165) is 5.56 Å². The predicted molar refractivity (Wildman–Crippen MR) is 59.4 cm³/mol. The molecule has 0 radical (unpaired) electrons. The Kier molecular flexibility index (Phi) is 2.97. The molecule has 1 atom stereocenters. The Hall–Kier alpha value is -1.74. The van der Waals surface area contributed by atoms with Crippen LogP contribution in [-0.4, -0.2) is 10.1 Å². The number of hydrogen-bond acceptors (Lipinski definition) is 2. The number of aromatic nitrogens is 1. The summed E-state index contributed by atoms with van der Waals surface area (Å²) in [5.41, 5.74) is 1.93. The maximum Gasteiger partial charge on any atom is 0.123 e.